The van der Waals surface area contributed by atoms with Crippen molar-refractivity contribution < 1.29 is 28.2 Å². The van der Waals surface area contributed by atoms with E-state index < -0.39 is 12.4 Å². The van der Waals surface area contributed by atoms with Gasteiger partial charge in [0.05, 0.1) is 0 Å². The van der Waals surface area contributed by atoms with E-state index in [1.54, 1.807) is 35.0 Å². The average molecular weight is 479 g/mol. The number of pyridine rings is 1. The van der Waals surface area contributed by atoms with E-state index in [1.165, 1.54) is 11.0 Å². The van der Waals surface area contributed by atoms with Crippen molar-refractivity contribution in [1.29, 1.82) is 0 Å². The van der Waals surface area contributed by atoms with Gasteiger partial charge in [-0.15, -0.1) is 13.9 Å². The van der Waals surface area contributed by atoms with Crippen molar-refractivity contribution in [2.45, 2.75) is 19.1 Å². The summed E-state index contributed by atoms with van der Waals surface area (Å²) in [5, 5.41) is 16.9. The molecule has 0 atom stereocenters. The molecule has 0 aliphatic carbocycles. The normalized spacial score (nSPS) is 16.1. The molecule has 4 aromatic rings. The van der Waals surface area contributed by atoms with Gasteiger partial charge in [0.1, 0.15) is 0 Å². The second-order valence-corrected chi connectivity index (χ2v) is 8.30. The summed E-state index contributed by atoms with van der Waals surface area (Å²) in [4.78, 5) is 17.3. The van der Waals surface area contributed by atoms with Gasteiger partial charge in [-0.05, 0) is 54.3 Å². The smallest absolute Gasteiger partial charge is 0.465 e. The Balaban J connectivity index is 1.31. The van der Waals surface area contributed by atoms with Crippen molar-refractivity contribution in [1.82, 2.24) is 19.5 Å². The summed E-state index contributed by atoms with van der Waals surface area (Å²) >= 11 is 0. The van der Waals surface area contributed by atoms with Crippen LogP contribution in [-0.2, 0) is 12.8 Å². The first kappa shape index (κ1) is 21.1. The first-order valence-corrected chi connectivity index (χ1v) is 11.0. The van der Waals surface area contributed by atoms with Crippen molar-refractivity contribution in [2.75, 3.05) is 18.4 Å². The maximum absolute atomic E-state index is 13.7. The molecule has 2 aliphatic rings. The molecular weight excluding hydrogens is 460 g/mol. The molecule has 11 heteroatoms. The van der Waals surface area contributed by atoms with E-state index in [1.807, 2.05) is 18.2 Å². The molecule has 178 valence electrons. The summed E-state index contributed by atoms with van der Waals surface area (Å²) < 4.78 is 38.2. The van der Waals surface area contributed by atoms with E-state index in [-0.39, 0.29) is 11.5 Å². The number of halogens is 2. The van der Waals surface area contributed by atoms with E-state index in [4.69, 9.17) is 4.74 Å². The van der Waals surface area contributed by atoms with Crippen LogP contribution in [0, 0.1) is 0 Å². The minimum absolute atomic E-state index is 0.0428. The fraction of sp³-hybridized carbons (Fsp3) is 0.208. The Bertz CT molecular complexity index is 1470. The van der Waals surface area contributed by atoms with Crippen LogP contribution in [0.3, 0.4) is 0 Å². The van der Waals surface area contributed by atoms with Gasteiger partial charge in [0.2, 0.25) is 5.95 Å². The number of nitrogens with one attached hydrogen (secondary N) is 1. The van der Waals surface area contributed by atoms with Gasteiger partial charge >= 0.3 is 12.4 Å². The Morgan fingerprint density at radius 2 is 1.83 bits per heavy atom. The van der Waals surface area contributed by atoms with E-state index in [2.05, 4.69) is 20.1 Å². The third-order valence-corrected chi connectivity index (χ3v) is 6.12. The summed E-state index contributed by atoms with van der Waals surface area (Å²) in [5.74, 6) is 0.233. The van der Waals surface area contributed by atoms with Gasteiger partial charge in [0.25, 0.3) is 0 Å². The third kappa shape index (κ3) is 3.84. The van der Waals surface area contributed by atoms with Crippen LogP contribution in [0.5, 0.6) is 11.5 Å². The van der Waals surface area contributed by atoms with Crippen LogP contribution >= 0.6 is 0 Å². The number of ether oxygens (including phenoxy) is 2. The fourth-order valence-electron chi connectivity index (χ4n) is 4.47. The number of para-hydroxylation sites is 1. The number of nitrogens with zero attached hydrogens (tertiary/aromatic N) is 4. The van der Waals surface area contributed by atoms with Crippen LogP contribution in [0.2, 0.25) is 0 Å². The molecule has 0 radical (unpaired) electrons. The topological polar surface area (TPSA) is 101 Å². The highest BCUT2D eigenvalue weighted by atomic mass is 19.3. The molecule has 2 aromatic heterocycles. The van der Waals surface area contributed by atoms with Crippen molar-refractivity contribution in [3.05, 3.63) is 65.9 Å². The number of hydrogen-bond acceptors (Lipinski definition) is 6. The van der Waals surface area contributed by atoms with Crippen LogP contribution in [0.25, 0.3) is 16.8 Å². The fourth-order valence-corrected chi connectivity index (χ4v) is 4.47. The van der Waals surface area contributed by atoms with Crippen molar-refractivity contribution >= 4 is 23.4 Å². The molecule has 6 rings (SSSR count). The molecule has 2 aromatic carbocycles. The first-order chi connectivity index (χ1) is 16.9. The summed E-state index contributed by atoms with van der Waals surface area (Å²) in [5.41, 5.74) is 4.37. The zero-order valence-electron chi connectivity index (χ0n) is 18.2. The minimum atomic E-state index is -3.73. The highest BCUT2D eigenvalue weighted by Crippen LogP contribution is 2.47. The van der Waals surface area contributed by atoms with Gasteiger partial charge in [0.15, 0.2) is 17.1 Å². The van der Waals surface area contributed by atoms with Gasteiger partial charge in [-0.3, -0.25) is 0 Å². The lowest BCUT2D eigenvalue weighted by Gasteiger charge is -2.14. The van der Waals surface area contributed by atoms with Crippen molar-refractivity contribution in [3.63, 3.8) is 0 Å². The molecule has 0 saturated carbocycles. The maximum atomic E-state index is 13.7. The molecule has 0 spiro atoms. The molecule has 0 saturated heterocycles. The van der Waals surface area contributed by atoms with E-state index in [0.717, 1.165) is 16.8 Å². The third-order valence-electron chi connectivity index (χ3n) is 6.12. The Morgan fingerprint density at radius 1 is 1.03 bits per heavy atom. The van der Waals surface area contributed by atoms with Crippen LogP contribution < -0.4 is 14.8 Å². The van der Waals surface area contributed by atoms with Crippen LogP contribution in [-0.4, -0.2) is 50.1 Å². The number of hydrogen-bond donors (Lipinski definition) is 2. The molecule has 0 unspecified atom stereocenters. The zero-order valence-corrected chi connectivity index (χ0v) is 18.2. The van der Waals surface area contributed by atoms with Crippen LogP contribution in [0.1, 0.15) is 11.1 Å². The molecule has 2 N–H and O–H groups in total. The van der Waals surface area contributed by atoms with Gasteiger partial charge in [-0.1, -0.05) is 18.2 Å². The standard InChI is InChI=1S/C24H19F2N5O4/c25-24(26)34-19-5-1-3-17(20(19)35-24)18-4-2-10-31-21(18)28-22(29-31)27-16-7-6-14-8-11-30(23(32)33)12-9-15(14)13-16/h1-7,10,13H,8-9,11-12H2,(H,27,29)(H,32,33). The maximum Gasteiger partial charge on any atom is 0.586 e. The predicted octanol–water partition coefficient (Wildman–Crippen LogP) is 4.54. The summed E-state index contributed by atoms with van der Waals surface area (Å²) in [6.45, 7) is 0.906. The zero-order chi connectivity index (χ0) is 24.2. The van der Waals surface area contributed by atoms with Crippen LogP contribution in [0.15, 0.2) is 54.7 Å². The molecule has 9 nitrogen and oxygen atoms in total. The summed E-state index contributed by atoms with van der Waals surface area (Å²) in [6.07, 6.45) is -1.65. The van der Waals surface area contributed by atoms with Crippen molar-refractivity contribution in [3.8, 4) is 22.6 Å². The van der Waals surface area contributed by atoms with E-state index in [9.17, 15) is 18.7 Å². The molecule has 0 fully saturated rings. The predicted molar refractivity (Wildman–Crippen MR) is 121 cm³/mol. The number of rotatable bonds is 3. The number of fused-ring (bicyclic) bond motifs is 3. The van der Waals surface area contributed by atoms with Crippen LogP contribution in [0.4, 0.5) is 25.2 Å². The lowest BCUT2D eigenvalue weighted by Crippen LogP contribution is -2.31. The second-order valence-electron chi connectivity index (χ2n) is 8.30. The lowest BCUT2D eigenvalue weighted by atomic mass is 10.0. The first-order valence-electron chi connectivity index (χ1n) is 11.0. The van der Waals surface area contributed by atoms with Gasteiger partial charge in [0, 0.05) is 36.1 Å². The SMILES string of the molecule is O=C(O)N1CCc2ccc(Nc3nc4c(-c5cccc6c5OC(F)(F)O6)cccn4n3)cc2CC1. The van der Waals surface area contributed by atoms with Gasteiger partial charge in [-0.25, -0.2) is 9.31 Å². The highest BCUT2D eigenvalue weighted by molar-refractivity contribution is 5.84. The number of amides is 1. The number of anilines is 2. The van der Waals surface area contributed by atoms with Gasteiger partial charge in [-0.2, -0.15) is 4.98 Å². The summed E-state index contributed by atoms with van der Waals surface area (Å²) in [6, 6.07) is 14.0. The highest BCUT2D eigenvalue weighted by Gasteiger charge is 2.44. The number of carbonyl (C=O) groups is 1. The number of carboxylic acid groups (broad SMARTS) is 1. The van der Waals surface area contributed by atoms with Gasteiger partial charge < -0.3 is 24.8 Å². The Labute approximate surface area is 197 Å². The number of benzene rings is 2. The Hall–Kier alpha value is -4.41. The van der Waals surface area contributed by atoms with Crippen molar-refractivity contribution in [2.24, 2.45) is 0 Å². The molecule has 1 amide bonds. The lowest BCUT2D eigenvalue weighted by molar-refractivity contribution is -0.286. The Morgan fingerprint density at radius 3 is 2.66 bits per heavy atom. The molecule has 4 heterocycles. The van der Waals surface area contributed by atoms with E-state index >= 15 is 0 Å². The average Bonchev–Trinajstić information content (AvgIpc) is 3.29. The molecular formula is C24H19F2N5O4. The molecule has 35 heavy (non-hydrogen) atoms. The Kier molecular flexibility index (Phi) is 4.73. The second kappa shape index (κ2) is 7.83. The van der Waals surface area contributed by atoms with E-state index in [0.29, 0.717) is 48.7 Å². The quantitative estimate of drug-likeness (QED) is 0.445. The molecule has 0 bridgehead atoms. The number of aromatic nitrogens is 3. The molecule has 2 aliphatic heterocycles. The largest absolute Gasteiger partial charge is 0.586 e. The monoisotopic (exact) mass is 479 g/mol. The number of alkyl halides is 2. The summed E-state index contributed by atoms with van der Waals surface area (Å²) in [7, 11) is 0. The minimum Gasteiger partial charge on any atom is -0.465 e.